The van der Waals surface area contributed by atoms with Crippen LogP contribution in [-0.4, -0.2) is 8.42 Å². The van der Waals surface area contributed by atoms with Gasteiger partial charge in [-0.25, -0.2) is 17.5 Å². The van der Waals surface area contributed by atoms with Crippen LogP contribution >= 0.6 is 11.6 Å². The van der Waals surface area contributed by atoms with E-state index in [0.717, 1.165) is 18.2 Å². The molecule has 0 aliphatic heterocycles. The molecule has 4 nitrogen and oxygen atoms in total. The van der Waals surface area contributed by atoms with Gasteiger partial charge in [0.15, 0.2) is 0 Å². The van der Waals surface area contributed by atoms with Gasteiger partial charge in [0.25, 0.3) is 0 Å². The molecule has 1 N–H and O–H groups in total. The Bertz CT molecular complexity index is 640. The topological polar surface area (TPSA) is 59.3 Å². The lowest BCUT2D eigenvalue weighted by Crippen LogP contribution is -2.23. The summed E-state index contributed by atoms with van der Waals surface area (Å²) in [5.41, 5.74) is 0. The molecule has 2 rings (SSSR count). The summed E-state index contributed by atoms with van der Waals surface area (Å²) >= 11 is 5.69. The molecule has 0 saturated heterocycles. The SMILES string of the molecule is O=S(=O)(NCc1ccco1)c1ccc(F)cc1Cl. The molecule has 0 unspecified atom stereocenters. The average molecular weight is 290 g/mol. The van der Waals surface area contributed by atoms with E-state index in [1.807, 2.05) is 0 Å². The highest BCUT2D eigenvalue weighted by atomic mass is 35.5. The van der Waals surface area contributed by atoms with E-state index in [1.165, 1.54) is 6.26 Å². The van der Waals surface area contributed by atoms with Gasteiger partial charge in [-0.15, -0.1) is 0 Å². The quantitative estimate of drug-likeness (QED) is 0.941. The van der Waals surface area contributed by atoms with Crippen LogP contribution in [0.4, 0.5) is 4.39 Å². The molecule has 0 atom stereocenters. The Morgan fingerprint density at radius 2 is 2.11 bits per heavy atom. The van der Waals surface area contributed by atoms with Crippen LogP contribution in [0.25, 0.3) is 0 Å². The molecule has 7 heteroatoms. The Morgan fingerprint density at radius 1 is 1.33 bits per heavy atom. The number of sulfonamides is 1. The van der Waals surface area contributed by atoms with Crippen molar-refractivity contribution in [3.63, 3.8) is 0 Å². The predicted octanol–water partition coefficient (Wildman–Crippen LogP) is 2.55. The first-order valence-corrected chi connectivity index (χ1v) is 6.82. The van der Waals surface area contributed by atoms with E-state index in [4.69, 9.17) is 16.0 Å². The van der Waals surface area contributed by atoms with Gasteiger partial charge < -0.3 is 4.42 Å². The summed E-state index contributed by atoms with van der Waals surface area (Å²) in [6.07, 6.45) is 1.44. The second-order valence-electron chi connectivity index (χ2n) is 3.48. The molecule has 1 heterocycles. The smallest absolute Gasteiger partial charge is 0.242 e. The van der Waals surface area contributed by atoms with E-state index in [2.05, 4.69) is 4.72 Å². The van der Waals surface area contributed by atoms with Gasteiger partial charge in [0.1, 0.15) is 16.5 Å². The molecule has 2 aromatic rings. The monoisotopic (exact) mass is 289 g/mol. The van der Waals surface area contributed by atoms with Crippen LogP contribution in [-0.2, 0) is 16.6 Å². The number of halogens is 2. The van der Waals surface area contributed by atoms with Crippen molar-refractivity contribution in [2.45, 2.75) is 11.4 Å². The first kappa shape index (κ1) is 13.1. The Kier molecular flexibility index (Phi) is 3.70. The standard InChI is InChI=1S/C11H9ClFNO3S/c12-10-6-8(13)3-4-11(10)18(15,16)14-7-9-2-1-5-17-9/h1-6,14H,7H2. The first-order valence-electron chi connectivity index (χ1n) is 4.96. The van der Waals surface area contributed by atoms with Gasteiger partial charge >= 0.3 is 0 Å². The molecule has 1 aromatic carbocycles. The number of furan rings is 1. The molecular formula is C11H9ClFNO3S. The lowest BCUT2D eigenvalue weighted by molar-refractivity contribution is 0.498. The molecule has 0 radical (unpaired) electrons. The molecule has 0 aliphatic carbocycles. The van der Waals surface area contributed by atoms with Crippen molar-refractivity contribution in [3.8, 4) is 0 Å². The lowest BCUT2D eigenvalue weighted by atomic mass is 10.3. The van der Waals surface area contributed by atoms with Crippen LogP contribution in [0, 0.1) is 5.82 Å². The molecule has 96 valence electrons. The maximum atomic E-state index is 12.8. The third kappa shape index (κ3) is 2.90. The van der Waals surface area contributed by atoms with Crippen LogP contribution in [0.2, 0.25) is 5.02 Å². The second-order valence-corrected chi connectivity index (χ2v) is 5.62. The number of benzene rings is 1. The number of hydrogen-bond acceptors (Lipinski definition) is 3. The van der Waals surface area contributed by atoms with Gasteiger partial charge in [-0.1, -0.05) is 11.6 Å². The summed E-state index contributed by atoms with van der Waals surface area (Å²) in [6, 6.07) is 6.38. The highest BCUT2D eigenvalue weighted by Crippen LogP contribution is 2.22. The van der Waals surface area contributed by atoms with Crippen molar-refractivity contribution in [2.75, 3.05) is 0 Å². The zero-order valence-corrected chi connectivity index (χ0v) is 10.6. The predicted molar refractivity (Wildman–Crippen MR) is 64.1 cm³/mol. The van der Waals surface area contributed by atoms with Gasteiger partial charge in [-0.05, 0) is 30.3 Å². The summed E-state index contributed by atoms with van der Waals surface area (Å²) in [5, 5.41) is -0.165. The highest BCUT2D eigenvalue weighted by Gasteiger charge is 2.18. The van der Waals surface area contributed by atoms with E-state index in [9.17, 15) is 12.8 Å². The summed E-state index contributed by atoms with van der Waals surface area (Å²) in [4.78, 5) is -0.169. The third-order valence-corrected chi connectivity index (χ3v) is 4.08. The Labute approximate surface area is 108 Å². The minimum Gasteiger partial charge on any atom is -0.468 e. The molecule has 0 amide bonds. The largest absolute Gasteiger partial charge is 0.468 e. The van der Waals surface area contributed by atoms with Gasteiger partial charge in [0.05, 0.1) is 17.8 Å². The van der Waals surface area contributed by atoms with Crippen molar-refractivity contribution < 1.29 is 17.2 Å². The van der Waals surface area contributed by atoms with Crippen LogP contribution in [0.1, 0.15) is 5.76 Å². The molecule has 0 fully saturated rings. The van der Waals surface area contributed by atoms with Gasteiger partial charge in [0.2, 0.25) is 10.0 Å². The average Bonchev–Trinajstić information content (AvgIpc) is 2.78. The second kappa shape index (κ2) is 5.09. The number of hydrogen-bond donors (Lipinski definition) is 1. The van der Waals surface area contributed by atoms with E-state index in [1.54, 1.807) is 12.1 Å². The fourth-order valence-electron chi connectivity index (χ4n) is 1.35. The van der Waals surface area contributed by atoms with Crippen molar-refractivity contribution in [3.05, 3.63) is 53.2 Å². The van der Waals surface area contributed by atoms with Crippen LogP contribution in [0.3, 0.4) is 0 Å². The molecular weight excluding hydrogens is 281 g/mol. The zero-order chi connectivity index (χ0) is 13.2. The fraction of sp³-hybridized carbons (Fsp3) is 0.0909. The van der Waals surface area contributed by atoms with Gasteiger partial charge in [-0.2, -0.15) is 0 Å². The molecule has 18 heavy (non-hydrogen) atoms. The first-order chi connectivity index (χ1) is 8.49. The van der Waals surface area contributed by atoms with Crippen molar-refractivity contribution in [1.29, 1.82) is 0 Å². The molecule has 0 bridgehead atoms. The summed E-state index contributed by atoms with van der Waals surface area (Å²) in [7, 11) is -3.79. The molecule has 1 aromatic heterocycles. The number of rotatable bonds is 4. The minimum atomic E-state index is -3.79. The minimum absolute atomic E-state index is 0.00301. The van der Waals surface area contributed by atoms with Crippen molar-refractivity contribution in [1.82, 2.24) is 4.72 Å². The third-order valence-electron chi connectivity index (χ3n) is 2.20. The Morgan fingerprint density at radius 3 is 2.72 bits per heavy atom. The lowest BCUT2D eigenvalue weighted by Gasteiger charge is -2.07. The van der Waals surface area contributed by atoms with E-state index in [-0.39, 0.29) is 16.5 Å². The fourth-order valence-corrected chi connectivity index (χ4v) is 2.87. The van der Waals surface area contributed by atoms with Gasteiger partial charge in [-0.3, -0.25) is 0 Å². The Balaban J connectivity index is 2.20. The maximum Gasteiger partial charge on any atom is 0.242 e. The Hall–Kier alpha value is -1.37. The van der Waals surface area contributed by atoms with Crippen molar-refractivity contribution >= 4 is 21.6 Å². The highest BCUT2D eigenvalue weighted by molar-refractivity contribution is 7.89. The van der Waals surface area contributed by atoms with Gasteiger partial charge in [0, 0.05) is 0 Å². The van der Waals surface area contributed by atoms with Crippen LogP contribution < -0.4 is 4.72 Å². The zero-order valence-electron chi connectivity index (χ0n) is 9.06. The van der Waals surface area contributed by atoms with Crippen LogP contribution in [0.15, 0.2) is 45.9 Å². The molecule has 0 saturated carbocycles. The van der Waals surface area contributed by atoms with E-state index >= 15 is 0 Å². The van der Waals surface area contributed by atoms with Crippen molar-refractivity contribution in [2.24, 2.45) is 0 Å². The van der Waals surface area contributed by atoms with Crippen LogP contribution in [0.5, 0.6) is 0 Å². The maximum absolute atomic E-state index is 12.8. The normalized spacial score (nSPS) is 11.7. The molecule has 0 aliphatic rings. The summed E-state index contributed by atoms with van der Waals surface area (Å²) < 4.78 is 43.9. The molecule has 0 spiro atoms. The van der Waals surface area contributed by atoms with E-state index < -0.39 is 15.8 Å². The van der Waals surface area contributed by atoms with E-state index in [0.29, 0.717) is 5.76 Å². The summed E-state index contributed by atoms with van der Waals surface area (Å²) in [5.74, 6) is -0.123. The number of nitrogens with one attached hydrogen (secondary N) is 1. The summed E-state index contributed by atoms with van der Waals surface area (Å²) in [6.45, 7) is 0.00301.